The molecule has 0 unspecified atom stereocenters. The molecule has 0 aliphatic carbocycles. The number of halogens is 3. The summed E-state index contributed by atoms with van der Waals surface area (Å²) in [6, 6.07) is 3.57. The van der Waals surface area contributed by atoms with Crippen LogP contribution in [0.15, 0.2) is 23.1 Å². The molecule has 0 saturated heterocycles. The third-order valence-electron chi connectivity index (χ3n) is 3.93. The smallest absolute Gasteiger partial charge is 0.339 e. The van der Waals surface area contributed by atoms with Crippen LogP contribution in [0.3, 0.4) is 0 Å². The monoisotopic (exact) mass is 382 g/mol. The Kier molecular flexibility index (Phi) is 5.21. The Morgan fingerprint density at radius 2 is 1.96 bits per heavy atom. The molecule has 0 N–H and O–H groups in total. The van der Waals surface area contributed by atoms with Crippen LogP contribution in [0.4, 0.5) is 18.9 Å². The van der Waals surface area contributed by atoms with Gasteiger partial charge in [0.05, 0.1) is 17.7 Å². The first-order valence-electron chi connectivity index (χ1n) is 7.50. The maximum atomic E-state index is 12.7. The molecule has 0 aromatic carbocycles. The minimum Gasteiger partial charge on any atom is -0.339 e. The van der Waals surface area contributed by atoms with Crippen molar-refractivity contribution in [2.45, 2.75) is 33.1 Å². The van der Waals surface area contributed by atoms with Gasteiger partial charge in [0.2, 0.25) is 0 Å². The highest BCUT2D eigenvalue weighted by Gasteiger charge is 2.30. The second kappa shape index (κ2) is 7.06. The lowest BCUT2D eigenvalue weighted by atomic mass is 10.1. The summed E-state index contributed by atoms with van der Waals surface area (Å²) in [7, 11) is 0. The fourth-order valence-electron chi connectivity index (χ4n) is 2.66. The van der Waals surface area contributed by atoms with Gasteiger partial charge in [0.15, 0.2) is 5.78 Å². The van der Waals surface area contributed by atoms with Crippen LogP contribution >= 0.6 is 0 Å². The number of hydrogen-bond acceptors (Lipinski definition) is 5. The molecule has 8 nitrogen and oxygen atoms in total. The van der Waals surface area contributed by atoms with Crippen molar-refractivity contribution in [1.82, 2.24) is 9.13 Å². The highest BCUT2D eigenvalue weighted by Crippen LogP contribution is 2.23. The van der Waals surface area contributed by atoms with Crippen LogP contribution in [0.1, 0.15) is 27.3 Å². The summed E-state index contributed by atoms with van der Waals surface area (Å²) < 4.78 is 39.6. The number of ketones is 1. The van der Waals surface area contributed by atoms with Crippen molar-refractivity contribution >= 4 is 11.5 Å². The molecule has 0 fully saturated rings. The lowest BCUT2D eigenvalue weighted by Crippen LogP contribution is -2.26. The van der Waals surface area contributed by atoms with Crippen LogP contribution in [-0.4, -0.2) is 26.0 Å². The van der Waals surface area contributed by atoms with E-state index in [-0.39, 0.29) is 17.0 Å². The molecule has 0 bridgehead atoms. The molecule has 11 heteroatoms. The van der Waals surface area contributed by atoms with Gasteiger partial charge in [0.25, 0.3) is 11.2 Å². The molecule has 0 aliphatic rings. The number of nitriles is 1. The van der Waals surface area contributed by atoms with E-state index in [9.17, 15) is 32.9 Å². The van der Waals surface area contributed by atoms with Crippen molar-refractivity contribution in [3.05, 3.63) is 61.3 Å². The molecule has 0 saturated carbocycles. The number of rotatable bonds is 5. The van der Waals surface area contributed by atoms with E-state index < -0.39 is 46.8 Å². The molecular weight excluding hydrogens is 369 g/mol. The summed E-state index contributed by atoms with van der Waals surface area (Å²) in [6.07, 6.45) is -3.66. The molecule has 0 amide bonds. The van der Waals surface area contributed by atoms with Gasteiger partial charge in [-0.05, 0) is 19.9 Å². The fourth-order valence-corrected chi connectivity index (χ4v) is 2.66. The highest BCUT2D eigenvalue weighted by molar-refractivity contribution is 5.97. The number of aryl methyl sites for hydroxylation is 1. The maximum absolute atomic E-state index is 12.7. The molecular formula is C16H13F3N4O4. The lowest BCUT2D eigenvalue weighted by molar-refractivity contribution is -0.385. The van der Waals surface area contributed by atoms with Crippen molar-refractivity contribution in [2.24, 2.45) is 0 Å². The predicted molar refractivity (Wildman–Crippen MR) is 86.4 cm³/mol. The van der Waals surface area contributed by atoms with Gasteiger partial charge in [-0.1, -0.05) is 0 Å². The first-order chi connectivity index (χ1) is 12.4. The fraction of sp³-hybridized carbons (Fsp3) is 0.312. The van der Waals surface area contributed by atoms with E-state index in [0.717, 1.165) is 16.8 Å². The zero-order valence-corrected chi connectivity index (χ0v) is 14.2. The summed E-state index contributed by atoms with van der Waals surface area (Å²) in [5, 5.41) is 19.8. The number of carbonyl (C=O) groups excluding carboxylic acids is 1. The number of alkyl halides is 3. The van der Waals surface area contributed by atoms with Crippen molar-refractivity contribution in [2.75, 3.05) is 0 Å². The standard InChI is InChI=1S/C16H13F3N4O4/c1-9-3-13(10(2)22(9)8-16(17,18)19)14(24)7-21-6-12(23(26)27)4-11(5-20)15(21)25/h3-4,6H,7-8H2,1-2H3. The van der Waals surface area contributed by atoms with Crippen LogP contribution in [0.25, 0.3) is 0 Å². The average Bonchev–Trinajstić information content (AvgIpc) is 2.83. The van der Waals surface area contributed by atoms with Crippen LogP contribution < -0.4 is 5.56 Å². The number of hydrogen-bond donors (Lipinski definition) is 0. The van der Waals surface area contributed by atoms with Gasteiger partial charge in [-0.3, -0.25) is 24.3 Å². The number of nitro groups is 1. The first-order valence-corrected chi connectivity index (χ1v) is 7.50. The Labute approximate surface area is 150 Å². The highest BCUT2D eigenvalue weighted by atomic mass is 19.4. The summed E-state index contributed by atoms with van der Waals surface area (Å²) in [6.45, 7) is 0.824. The first kappa shape index (κ1) is 19.9. The second-order valence-corrected chi connectivity index (χ2v) is 5.82. The molecule has 2 aromatic heterocycles. The molecule has 0 atom stereocenters. The molecule has 2 rings (SSSR count). The normalized spacial score (nSPS) is 11.3. The largest absolute Gasteiger partial charge is 0.406 e. The van der Waals surface area contributed by atoms with Crippen LogP contribution in [0.2, 0.25) is 0 Å². The van der Waals surface area contributed by atoms with E-state index in [4.69, 9.17) is 5.26 Å². The third kappa shape index (κ3) is 4.22. The Morgan fingerprint density at radius 1 is 1.33 bits per heavy atom. The van der Waals surface area contributed by atoms with Crippen molar-refractivity contribution in [3.8, 4) is 6.07 Å². The number of nitrogens with zero attached hydrogens (tertiary/aromatic N) is 4. The van der Waals surface area contributed by atoms with E-state index in [2.05, 4.69) is 0 Å². The van der Waals surface area contributed by atoms with Crippen LogP contribution in [-0.2, 0) is 13.1 Å². The van der Waals surface area contributed by atoms with Gasteiger partial charge in [-0.15, -0.1) is 0 Å². The van der Waals surface area contributed by atoms with Crippen LogP contribution in [0, 0.1) is 35.3 Å². The van der Waals surface area contributed by atoms with Crippen molar-refractivity contribution in [3.63, 3.8) is 0 Å². The average molecular weight is 382 g/mol. The summed E-state index contributed by atoms with van der Waals surface area (Å²) in [5.74, 6) is -0.706. The Hall–Kier alpha value is -3.42. The lowest BCUT2D eigenvalue weighted by Gasteiger charge is -2.12. The SMILES string of the molecule is Cc1cc(C(=O)Cn2cc([N+](=O)[O-])cc(C#N)c2=O)c(C)n1CC(F)(F)F. The maximum Gasteiger partial charge on any atom is 0.406 e. The minimum absolute atomic E-state index is 0.0336. The summed E-state index contributed by atoms with van der Waals surface area (Å²) >= 11 is 0. The van der Waals surface area contributed by atoms with E-state index in [1.807, 2.05) is 0 Å². The van der Waals surface area contributed by atoms with Gasteiger partial charge in [-0.25, -0.2) is 0 Å². The van der Waals surface area contributed by atoms with Crippen molar-refractivity contribution in [1.29, 1.82) is 5.26 Å². The van der Waals surface area contributed by atoms with E-state index >= 15 is 0 Å². The molecule has 0 aliphatic heterocycles. The number of Topliss-reactive ketones (excluding diaryl/α,β-unsaturated/α-hetero) is 1. The minimum atomic E-state index is -4.48. The second-order valence-electron chi connectivity index (χ2n) is 5.82. The molecule has 0 radical (unpaired) electrons. The third-order valence-corrected chi connectivity index (χ3v) is 3.93. The summed E-state index contributed by atoms with van der Waals surface area (Å²) in [5.41, 5.74) is -1.73. The number of carbonyl (C=O) groups is 1. The number of aromatic nitrogens is 2. The van der Waals surface area contributed by atoms with E-state index in [1.54, 1.807) is 0 Å². The zero-order chi connectivity index (χ0) is 20.5. The quantitative estimate of drug-likeness (QED) is 0.448. The van der Waals surface area contributed by atoms with Crippen molar-refractivity contribution < 1.29 is 22.9 Å². The van der Waals surface area contributed by atoms with Gasteiger partial charge >= 0.3 is 6.18 Å². The molecule has 2 heterocycles. The molecule has 2 aromatic rings. The predicted octanol–water partition coefficient (Wildman–Crippen LogP) is 2.49. The van der Waals surface area contributed by atoms with E-state index in [0.29, 0.717) is 4.57 Å². The summed E-state index contributed by atoms with van der Waals surface area (Å²) in [4.78, 5) is 34.7. The Morgan fingerprint density at radius 3 is 2.48 bits per heavy atom. The zero-order valence-electron chi connectivity index (χ0n) is 14.2. The van der Waals surface area contributed by atoms with Gasteiger partial charge < -0.3 is 4.57 Å². The molecule has 27 heavy (non-hydrogen) atoms. The molecule has 142 valence electrons. The van der Waals surface area contributed by atoms with E-state index in [1.165, 1.54) is 26.0 Å². The molecule has 0 spiro atoms. The van der Waals surface area contributed by atoms with Gasteiger partial charge in [-0.2, -0.15) is 18.4 Å². The van der Waals surface area contributed by atoms with Gasteiger partial charge in [0, 0.05) is 23.0 Å². The van der Waals surface area contributed by atoms with Gasteiger partial charge in [0.1, 0.15) is 18.2 Å². The Balaban J connectivity index is 2.43. The topological polar surface area (TPSA) is 111 Å². The van der Waals surface area contributed by atoms with Crippen LogP contribution in [0.5, 0.6) is 0 Å². The Bertz CT molecular complexity index is 1030. The number of pyridine rings is 1.